The van der Waals surface area contributed by atoms with Gasteiger partial charge in [-0.1, -0.05) is 72.8 Å². The molecular weight excluding hydrogens is 637 g/mol. The largest absolute Gasteiger partial charge is 0.369 e. The van der Waals surface area contributed by atoms with Crippen LogP contribution in [-0.2, 0) is 24.4 Å². The predicted octanol–water partition coefficient (Wildman–Crippen LogP) is 5.15. The summed E-state index contributed by atoms with van der Waals surface area (Å²) < 4.78 is 0. The monoisotopic (exact) mass is 686 g/mol. The van der Waals surface area contributed by atoms with Crippen molar-refractivity contribution in [3.63, 3.8) is 0 Å². The number of carbonyl (C=O) groups is 2. The minimum atomic E-state index is -0.691. The second-order valence-electron chi connectivity index (χ2n) is 13.4. The highest BCUT2D eigenvalue weighted by atomic mass is 16.2. The van der Waals surface area contributed by atoms with Crippen molar-refractivity contribution >= 4 is 28.3 Å². The zero-order valence-corrected chi connectivity index (χ0v) is 29.7. The Morgan fingerprint density at radius 3 is 2.39 bits per heavy atom. The van der Waals surface area contributed by atoms with E-state index in [2.05, 4.69) is 96.6 Å². The van der Waals surface area contributed by atoms with Crippen LogP contribution in [0.5, 0.6) is 0 Å². The Bertz CT molecular complexity index is 1850. The van der Waals surface area contributed by atoms with Crippen molar-refractivity contribution in [1.82, 2.24) is 36.1 Å². The molecule has 266 valence electrons. The normalized spacial score (nSPS) is 14.7. The summed E-state index contributed by atoms with van der Waals surface area (Å²) in [6, 6.07) is 29.5. The van der Waals surface area contributed by atoms with E-state index in [0.29, 0.717) is 25.1 Å². The molecule has 1 saturated heterocycles. The molecular formula is C41H50N8O2. The van der Waals surface area contributed by atoms with Crippen LogP contribution in [0.3, 0.4) is 0 Å². The van der Waals surface area contributed by atoms with Gasteiger partial charge in [0, 0.05) is 62.9 Å². The number of imidazole rings is 1. The third kappa shape index (κ3) is 9.82. The van der Waals surface area contributed by atoms with Gasteiger partial charge in [0.2, 0.25) is 5.91 Å². The first-order chi connectivity index (χ1) is 24.9. The Morgan fingerprint density at radius 2 is 1.59 bits per heavy atom. The van der Waals surface area contributed by atoms with Gasteiger partial charge in [0.25, 0.3) is 5.91 Å². The van der Waals surface area contributed by atoms with Gasteiger partial charge in [-0.05, 0) is 79.0 Å². The van der Waals surface area contributed by atoms with E-state index in [1.165, 1.54) is 11.3 Å². The summed E-state index contributed by atoms with van der Waals surface area (Å²) >= 11 is 0. The number of benzene rings is 4. The lowest BCUT2D eigenvalue weighted by Crippen LogP contribution is -2.47. The van der Waals surface area contributed by atoms with Crippen molar-refractivity contribution in [2.24, 2.45) is 0 Å². The molecule has 5 N–H and O–H groups in total. The van der Waals surface area contributed by atoms with E-state index >= 15 is 0 Å². The smallest absolute Gasteiger partial charge is 0.251 e. The highest BCUT2D eigenvalue weighted by Crippen LogP contribution is 2.25. The van der Waals surface area contributed by atoms with Gasteiger partial charge in [-0.25, -0.2) is 4.98 Å². The van der Waals surface area contributed by atoms with Crippen LogP contribution in [0.2, 0.25) is 0 Å². The van der Waals surface area contributed by atoms with Gasteiger partial charge < -0.3 is 36.1 Å². The average Bonchev–Trinajstić information content (AvgIpc) is 3.68. The van der Waals surface area contributed by atoms with Gasteiger partial charge in [-0.15, -0.1) is 0 Å². The molecule has 1 aliphatic heterocycles. The molecule has 2 heterocycles. The SMILES string of the molecule is C[C@H](NC(=O)[C@H](CCCNCc1ccccc1N1CCN(C)CC1)NC(=O)c1ccc(CNCc2ncc[nH]2)cc1)c1cccc2ccccc12. The molecule has 0 aliphatic carbocycles. The standard InChI is InChI=1S/C41H50N8O2/c1-30(35-13-7-11-32-9-3-5-12-36(32)35)46-41(51)37(47-40(50)33-18-16-31(17-19-33)27-43-29-39-44-21-22-45-39)14-8-20-42-28-34-10-4-6-15-38(34)49-25-23-48(2)24-26-49/h3-7,9-13,15-19,21-22,30,37,42-43H,8,14,20,23-29H2,1-2H3,(H,44,45)(H,46,51)(H,47,50)/t30-,37-/m0/s1. The summed E-state index contributed by atoms with van der Waals surface area (Å²) in [6.07, 6.45) is 4.75. The van der Waals surface area contributed by atoms with E-state index in [0.717, 1.165) is 73.4 Å². The Kier molecular flexibility index (Phi) is 12.5. The Labute approximate surface area is 301 Å². The van der Waals surface area contributed by atoms with Crippen LogP contribution in [0, 0.1) is 0 Å². The molecule has 10 heteroatoms. The number of likely N-dealkylation sites (N-methyl/N-ethyl adjacent to an activating group) is 1. The molecule has 2 atom stereocenters. The molecule has 1 aliphatic rings. The number of hydrogen-bond acceptors (Lipinski definition) is 7. The van der Waals surface area contributed by atoms with Gasteiger partial charge in [0.15, 0.2) is 0 Å². The molecule has 0 unspecified atom stereocenters. The third-order valence-electron chi connectivity index (χ3n) is 9.66. The second kappa shape index (κ2) is 17.8. The molecule has 4 aromatic carbocycles. The van der Waals surface area contributed by atoms with Crippen LogP contribution in [0.1, 0.15) is 58.7 Å². The molecule has 0 spiro atoms. The van der Waals surface area contributed by atoms with E-state index in [-0.39, 0.29) is 17.9 Å². The van der Waals surface area contributed by atoms with Gasteiger partial charge in [-0.3, -0.25) is 9.59 Å². The van der Waals surface area contributed by atoms with Gasteiger partial charge in [-0.2, -0.15) is 0 Å². The van der Waals surface area contributed by atoms with Crippen molar-refractivity contribution < 1.29 is 9.59 Å². The molecule has 0 bridgehead atoms. The zero-order valence-electron chi connectivity index (χ0n) is 29.7. The van der Waals surface area contributed by atoms with Crippen LogP contribution >= 0.6 is 0 Å². The number of fused-ring (bicyclic) bond motifs is 1. The number of nitrogens with zero attached hydrogens (tertiary/aromatic N) is 3. The number of amides is 2. The van der Waals surface area contributed by atoms with Crippen LogP contribution in [0.15, 0.2) is 103 Å². The number of aromatic nitrogens is 2. The maximum Gasteiger partial charge on any atom is 0.251 e. The first-order valence-corrected chi connectivity index (χ1v) is 18.0. The fraction of sp³-hybridized carbons (Fsp3) is 0.341. The van der Waals surface area contributed by atoms with E-state index < -0.39 is 6.04 Å². The Hall–Kier alpha value is -5.03. The first kappa shape index (κ1) is 35.8. The molecule has 1 fully saturated rings. The minimum Gasteiger partial charge on any atom is -0.369 e. The van der Waals surface area contributed by atoms with E-state index in [4.69, 9.17) is 0 Å². The summed E-state index contributed by atoms with van der Waals surface area (Å²) in [5.41, 5.74) is 5.17. The molecule has 1 aromatic heterocycles. The number of anilines is 1. The van der Waals surface area contributed by atoms with Crippen molar-refractivity contribution in [3.8, 4) is 0 Å². The van der Waals surface area contributed by atoms with Crippen molar-refractivity contribution in [3.05, 3.63) is 131 Å². The molecule has 6 rings (SSSR count). The number of carbonyl (C=O) groups excluding carboxylic acids is 2. The summed E-state index contributed by atoms with van der Waals surface area (Å²) in [4.78, 5) is 39.5. The summed E-state index contributed by atoms with van der Waals surface area (Å²) in [5.74, 6) is 0.413. The topological polar surface area (TPSA) is 117 Å². The molecule has 2 amide bonds. The minimum absolute atomic E-state index is 0.192. The molecule has 10 nitrogen and oxygen atoms in total. The van der Waals surface area contributed by atoms with Gasteiger partial charge >= 0.3 is 0 Å². The zero-order chi connectivity index (χ0) is 35.4. The number of piperazine rings is 1. The van der Waals surface area contributed by atoms with Crippen molar-refractivity contribution in [2.45, 2.75) is 51.5 Å². The lowest BCUT2D eigenvalue weighted by Gasteiger charge is -2.35. The lowest BCUT2D eigenvalue weighted by atomic mass is 9.99. The van der Waals surface area contributed by atoms with Crippen LogP contribution in [0.25, 0.3) is 10.8 Å². The molecule has 51 heavy (non-hydrogen) atoms. The molecule has 5 aromatic rings. The first-order valence-electron chi connectivity index (χ1n) is 18.0. The second-order valence-corrected chi connectivity index (χ2v) is 13.4. The Balaban J connectivity index is 1.07. The summed E-state index contributed by atoms with van der Waals surface area (Å²) in [6.45, 7) is 8.89. The number of H-pyrrole nitrogens is 1. The molecule has 0 saturated carbocycles. The quantitative estimate of drug-likeness (QED) is 0.0912. The number of para-hydroxylation sites is 1. The number of nitrogens with one attached hydrogen (secondary N) is 5. The summed E-state index contributed by atoms with van der Waals surface area (Å²) in [5, 5.41) is 15.4. The van der Waals surface area contributed by atoms with Crippen LogP contribution < -0.4 is 26.2 Å². The third-order valence-corrected chi connectivity index (χ3v) is 9.66. The maximum atomic E-state index is 13.9. The number of hydrogen-bond donors (Lipinski definition) is 5. The van der Waals surface area contributed by atoms with E-state index in [1.807, 2.05) is 49.4 Å². The Morgan fingerprint density at radius 1 is 0.824 bits per heavy atom. The van der Waals surface area contributed by atoms with Crippen LogP contribution in [0.4, 0.5) is 5.69 Å². The number of rotatable bonds is 16. The highest BCUT2D eigenvalue weighted by molar-refractivity contribution is 5.97. The highest BCUT2D eigenvalue weighted by Gasteiger charge is 2.24. The molecule has 0 radical (unpaired) electrons. The fourth-order valence-corrected chi connectivity index (χ4v) is 6.69. The van der Waals surface area contributed by atoms with Crippen LogP contribution in [-0.4, -0.2) is 72.5 Å². The van der Waals surface area contributed by atoms with Crippen molar-refractivity contribution in [2.75, 3.05) is 44.7 Å². The van der Waals surface area contributed by atoms with Gasteiger partial charge in [0.05, 0.1) is 12.6 Å². The lowest BCUT2D eigenvalue weighted by molar-refractivity contribution is -0.123. The summed E-state index contributed by atoms with van der Waals surface area (Å²) in [7, 11) is 2.17. The van der Waals surface area contributed by atoms with Gasteiger partial charge in [0.1, 0.15) is 11.9 Å². The van der Waals surface area contributed by atoms with Crippen molar-refractivity contribution in [1.29, 1.82) is 0 Å². The predicted molar refractivity (Wildman–Crippen MR) is 204 cm³/mol. The van der Waals surface area contributed by atoms with E-state index in [9.17, 15) is 9.59 Å². The number of aromatic amines is 1. The fourth-order valence-electron chi connectivity index (χ4n) is 6.69. The maximum absolute atomic E-state index is 13.9. The van der Waals surface area contributed by atoms with E-state index in [1.54, 1.807) is 12.4 Å². The average molecular weight is 687 g/mol.